The van der Waals surface area contributed by atoms with Crippen molar-refractivity contribution in [1.82, 2.24) is 5.32 Å². The zero-order chi connectivity index (χ0) is 14.5. The van der Waals surface area contributed by atoms with E-state index in [0.29, 0.717) is 6.04 Å². The summed E-state index contributed by atoms with van der Waals surface area (Å²) < 4.78 is 13.1. The minimum atomic E-state index is 0.132. The SMILES string of the molecule is COc1cc(Br)c(OC(C)CNC2CCCC2)cc1Br. The van der Waals surface area contributed by atoms with Gasteiger partial charge in [-0.2, -0.15) is 0 Å². The van der Waals surface area contributed by atoms with Crippen LogP contribution in [0.2, 0.25) is 0 Å². The molecule has 20 heavy (non-hydrogen) atoms. The van der Waals surface area contributed by atoms with Gasteiger partial charge in [0.05, 0.1) is 16.1 Å². The molecule has 1 atom stereocenters. The maximum atomic E-state index is 5.99. The molecule has 0 spiro atoms. The zero-order valence-corrected chi connectivity index (χ0v) is 15.1. The van der Waals surface area contributed by atoms with E-state index in [2.05, 4.69) is 44.1 Å². The zero-order valence-electron chi connectivity index (χ0n) is 11.9. The molecule has 112 valence electrons. The van der Waals surface area contributed by atoms with Gasteiger partial charge in [-0.15, -0.1) is 0 Å². The number of halogens is 2. The van der Waals surface area contributed by atoms with Gasteiger partial charge >= 0.3 is 0 Å². The first-order chi connectivity index (χ1) is 9.60. The molecule has 1 unspecified atom stereocenters. The second-order valence-electron chi connectivity index (χ2n) is 5.24. The topological polar surface area (TPSA) is 30.5 Å². The highest BCUT2D eigenvalue weighted by Crippen LogP contribution is 2.36. The fourth-order valence-corrected chi connectivity index (χ4v) is 3.38. The molecule has 0 heterocycles. The van der Waals surface area contributed by atoms with Crippen LogP contribution >= 0.6 is 31.9 Å². The van der Waals surface area contributed by atoms with Crippen molar-refractivity contribution in [2.75, 3.05) is 13.7 Å². The fraction of sp³-hybridized carbons (Fsp3) is 0.600. The van der Waals surface area contributed by atoms with Crippen LogP contribution in [0.5, 0.6) is 11.5 Å². The third kappa shape index (κ3) is 4.37. The average molecular weight is 407 g/mol. The summed E-state index contributed by atoms with van der Waals surface area (Å²) in [4.78, 5) is 0. The quantitative estimate of drug-likeness (QED) is 0.753. The van der Waals surface area contributed by atoms with Crippen molar-refractivity contribution in [3.63, 3.8) is 0 Å². The lowest BCUT2D eigenvalue weighted by Crippen LogP contribution is -2.35. The predicted octanol–water partition coefficient (Wildman–Crippen LogP) is 4.52. The molecule has 1 aliphatic carbocycles. The highest BCUT2D eigenvalue weighted by molar-refractivity contribution is 9.11. The highest BCUT2D eigenvalue weighted by atomic mass is 79.9. The summed E-state index contributed by atoms with van der Waals surface area (Å²) in [5, 5.41) is 3.58. The molecular formula is C15H21Br2NO2. The molecular weight excluding hydrogens is 386 g/mol. The maximum absolute atomic E-state index is 5.99. The molecule has 0 aliphatic heterocycles. The van der Waals surface area contributed by atoms with Crippen molar-refractivity contribution < 1.29 is 9.47 Å². The Kier molecular flexibility index (Phi) is 6.18. The Morgan fingerprint density at radius 1 is 1.20 bits per heavy atom. The van der Waals surface area contributed by atoms with E-state index in [9.17, 15) is 0 Å². The Bertz CT molecular complexity index is 448. The highest BCUT2D eigenvalue weighted by Gasteiger charge is 2.16. The third-order valence-electron chi connectivity index (χ3n) is 3.58. The Labute approximate surface area is 137 Å². The number of hydrogen-bond acceptors (Lipinski definition) is 3. The van der Waals surface area contributed by atoms with Crippen LogP contribution < -0.4 is 14.8 Å². The van der Waals surface area contributed by atoms with Crippen LogP contribution in [0.15, 0.2) is 21.1 Å². The fourth-order valence-electron chi connectivity index (χ4n) is 2.48. The summed E-state index contributed by atoms with van der Waals surface area (Å²) in [6, 6.07) is 4.53. The summed E-state index contributed by atoms with van der Waals surface area (Å²) in [5.74, 6) is 1.62. The van der Waals surface area contributed by atoms with Crippen LogP contribution in [-0.2, 0) is 0 Å². The van der Waals surface area contributed by atoms with Crippen molar-refractivity contribution >= 4 is 31.9 Å². The van der Waals surface area contributed by atoms with Crippen LogP contribution in [0.25, 0.3) is 0 Å². The van der Waals surface area contributed by atoms with E-state index in [4.69, 9.17) is 9.47 Å². The van der Waals surface area contributed by atoms with Gasteiger partial charge in [-0.1, -0.05) is 12.8 Å². The van der Waals surface area contributed by atoms with E-state index < -0.39 is 0 Å². The molecule has 5 heteroatoms. The lowest BCUT2D eigenvalue weighted by molar-refractivity contribution is 0.210. The van der Waals surface area contributed by atoms with Gasteiger partial charge in [0.15, 0.2) is 0 Å². The van der Waals surface area contributed by atoms with Crippen LogP contribution in [0.3, 0.4) is 0 Å². The molecule has 0 bridgehead atoms. The van der Waals surface area contributed by atoms with E-state index in [-0.39, 0.29) is 6.10 Å². The molecule has 1 aromatic rings. The molecule has 2 rings (SSSR count). The van der Waals surface area contributed by atoms with Gasteiger partial charge in [-0.3, -0.25) is 0 Å². The minimum absolute atomic E-state index is 0.132. The summed E-state index contributed by atoms with van der Waals surface area (Å²) in [6.07, 6.45) is 5.43. The smallest absolute Gasteiger partial charge is 0.135 e. The second kappa shape index (κ2) is 7.66. The molecule has 1 aromatic carbocycles. The lowest BCUT2D eigenvalue weighted by atomic mass is 10.2. The summed E-state index contributed by atoms with van der Waals surface area (Å²) >= 11 is 7.00. The molecule has 1 saturated carbocycles. The first-order valence-electron chi connectivity index (χ1n) is 7.03. The van der Waals surface area contributed by atoms with E-state index in [1.165, 1.54) is 25.7 Å². The van der Waals surface area contributed by atoms with Gasteiger partial charge in [0.25, 0.3) is 0 Å². The van der Waals surface area contributed by atoms with Crippen molar-refractivity contribution in [2.24, 2.45) is 0 Å². The van der Waals surface area contributed by atoms with Crippen molar-refractivity contribution in [2.45, 2.75) is 44.8 Å². The molecule has 0 amide bonds. The first-order valence-corrected chi connectivity index (χ1v) is 8.62. The molecule has 1 N–H and O–H groups in total. The molecule has 3 nitrogen and oxygen atoms in total. The van der Waals surface area contributed by atoms with Gasteiger partial charge in [0.2, 0.25) is 0 Å². The van der Waals surface area contributed by atoms with Crippen LogP contribution in [0, 0.1) is 0 Å². The Balaban J connectivity index is 1.89. The molecule has 1 aliphatic rings. The number of ether oxygens (including phenoxy) is 2. The monoisotopic (exact) mass is 405 g/mol. The number of hydrogen-bond donors (Lipinski definition) is 1. The standard InChI is InChI=1S/C15H21Br2NO2/c1-10(9-18-11-5-3-4-6-11)20-15-8-12(16)14(19-2)7-13(15)17/h7-8,10-11,18H,3-6,9H2,1-2H3. The van der Waals surface area contributed by atoms with E-state index in [1.54, 1.807) is 7.11 Å². The molecule has 0 radical (unpaired) electrons. The lowest BCUT2D eigenvalue weighted by Gasteiger charge is -2.20. The minimum Gasteiger partial charge on any atom is -0.496 e. The molecule has 0 aromatic heterocycles. The Morgan fingerprint density at radius 3 is 2.45 bits per heavy atom. The van der Waals surface area contributed by atoms with Crippen LogP contribution in [0.1, 0.15) is 32.6 Å². The van der Waals surface area contributed by atoms with Gasteiger partial charge in [0, 0.05) is 12.6 Å². The predicted molar refractivity (Wildman–Crippen MR) is 88.7 cm³/mol. The van der Waals surface area contributed by atoms with E-state index >= 15 is 0 Å². The van der Waals surface area contributed by atoms with Crippen LogP contribution in [0.4, 0.5) is 0 Å². The first kappa shape index (κ1) is 16.1. The largest absolute Gasteiger partial charge is 0.496 e. The summed E-state index contributed by atoms with van der Waals surface area (Å²) in [6.45, 7) is 2.97. The van der Waals surface area contributed by atoms with E-state index in [1.807, 2.05) is 12.1 Å². The van der Waals surface area contributed by atoms with Gasteiger partial charge < -0.3 is 14.8 Å². The number of nitrogens with one attached hydrogen (secondary N) is 1. The Hall–Kier alpha value is -0.260. The average Bonchev–Trinajstić information content (AvgIpc) is 2.93. The molecule has 1 fully saturated rings. The third-order valence-corrected chi connectivity index (χ3v) is 4.82. The Morgan fingerprint density at radius 2 is 1.80 bits per heavy atom. The maximum Gasteiger partial charge on any atom is 0.135 e. The van der Waals surface area contributed by atoms with Crippen molar-refractivity contribution in [3.05, 3.63) is 21.1 Å². The number of benzene rings is 1. The number of rotatable bonds is 6. The van der Waals surface area contributed by atoms with Gasteiger partial charge in [-0.25, -0.2) is 0 Å². The second-order valence-corrected chi connectivity index (χ2v) is 6.94. The van der Waals surface area contributed by atoms with Gasteiger partial charge in [0.1, 0.15) is 17.6 Å². The van der Waals surface area contributed by atoms with Crippen LogP contribution in [-0.4, -0.2) is 25.8 Å². The summed E-state index contributed by atoms with van der Waals surface area (Å²) in [7, 11) is 1.65. The molecule has 0 saturated heterocycles. The van der Waals surface area contributed by atoms with Gasteiger partial charge in [-0.05, 0) is 63.8 Å². The summed E-state index contributed by atoms with van der Waals surface area (Å²) in [5.41, 5.74) is 0. The van der Waals surface area contributed by atoms with E-state index in [0.717, 1.165) is 27.0 Å². The normalized spacial score (nSPS) is 17.2. The van der Waals surface area contributed by atoms with Crippen molar-refractivity contribution in [1.29, 1.82) is 0 Å². The van der Waals surface area contributed by atoms with Crippen molar-refractivity contribution in [3.8, 4) is 11.5 Å². The number of methoxy groups -OCH3 is 1.